The Balaban J connectivity index is 1.57. The zero-order chi connectivity index (χ0) is 17.9. The van der Waals surface area contributed by atoms with Gasteiger partial charge in [0.25, 0.3) is 5.91 Å². The van der Waals surface area contributed by atoms with Crippen LogP contribution in [0, 0.1) is 0 Å². The topological polar surface area (TPSA) is 72.2 Å². The summed E-state index contributed by atoms with van der Waals surface area (Å²) in [5.41, 5.74) is 2.91. The second-order valence-electron chi connectivity index (χ2n) is 5.72. The Hall–Kier alpha value is -3.25. The van der Waals surface area contributed by atoms with Crippen molar-refractivity contribution in [2.24, 2.45) is 0 Å². The molecule has 0 fully saturated rings. The normalized spacial score (nSPS) is 10.8. The maximum absolute atomic E-state index is 12.4. The first-order valence-corrected chi connectivity index (χ1v) is 8.36. The minimum atomic E-state index is -0.177. The van der Waals surface area contributed by atoms with Crippen molar-refractivity contribution in [3.05, 3.63) is 83.3 Å². The number of pyridine rings is 2. The van der Waals surface area contributed by atoms with E-state index < -0.39 is 0 Å². The van der Waals surface area contributed by atoms with Gasteiger partial charge >= 0.3 is 0 Å². The third-order valence-corrected chi connectivity index (χ3v) is 4.17. The number of amides is 1. The van der Waals surface area contributed by atoms with Gasteiger partial charge in [0.15, 0.2) is 11.5 Å². The van der Waals surface area contributed by atoms with Gasteiger partial charge in [0, 0.05) is 41.3 Å². The first-order chi connectivity index (χ1) is 12.7. The number of aromatic nitrogens is 4. The Bertz CT molecular complexity index is 1080. The lowest BCUT2D eigenvalue weighted by Crippen LogP contribution is -2.22. The van der Waals surface area contributed by atoms with Crippen molar-refractivity contribution >= 4 is 23.2 Å². The Morgan fingerprint density at radius 3 is 2.85 bits per heavy atom. The van der Waals surface area contributed by atoms with Gasteiger partial charge in [0.1, 0.15) is 0 Å². The Kier molecular flexibility index (Phi) is 4.33. The quantitative estimate of drug-likeness (QED) is 0.603. The summed E-state index contributed by atoms with van der Waals surface area (Å²) < 4.78 is 1.82. The summed E-state index contributed by atoms with van der Waals surface area (Å²) in [4.78, 5) is 16.4. The average Bonchev–Trinajstić information content (AvgIpc) is 3.10. The average molecular weight is 364 g/mol. The van der Waals surface area contributed by atoms with Crippen LogP contribution in [0.25, 0.3) is 17.0 Å². The number of hydrogen-bond acceptors (Lipinski definition) is 4. The largest absolute Gasteiger partial charge is 0.348 e. The van der Waals surface area contributed by atoms with Crippen LogP contribution in [0.4, 0.5) is 0 Å². The van der Waals surface area contributed by atoms with E-state index in [-0.39, 0.29) is 5.91 Å². The molecule has 0 unspecified atom stereocenters. The summed E-state index contributed by atoms with van der Waals surface area (Å²) in [6.45, 7) is 0.415. The Labute approximate surface area is 154 Å². The van der Waals surface area contributed by atoms with E-state index in [4.69, 9.17) is 11.6 Å². The summed E-state index contributed by atoms with van der Waals surface area (Å²) in [6.07, 6.45) is 5.20. The molecule has 0 radical (unpaired) electrons. The highest BCUT2D eigenvalue weighted by molar-refractivity contribution is 6.30. The number of fused-ring (bicyclic) bond motifs is 1. The van der Waals surface area contributed by atoms with E-state index in [9.17, 15) is 4.79 Å². The summed E-state index contributed by atoms with van der Waals surface area (Å²) >= 11 is 6.05. The highest BCUT2D eigenvalue weighted by atomic mass is 35.5. The van der Waals surface area contributed by atoms with Crippen LogP contribution < -0.4 is 5.32 Å². The Morgan fingerprint density at radius 2 is 2.04 bits per heavy atom. The Morgan fingerprint density at radius 1 is 1.12 bits per heavy atom. The number of nitrogens with one attached hydrogen (secondary N) is 1. The van der Waals surface area contributed by atoms with E-state index in [1.165, 1.54) is 0 Å². The van der Waals surface area contributed by atoms with Crippen LogP contribution in [-0.2, 0) is 6.54 Å². The minimum absolute atomic E-state index is 0.177. The predicted molar refractivity (Wildman–Crippen MR) is 98.8 cm³/mol. The molecular formula is C19H14ClN5O. The zero-order valence-electron chi connectivity index (χ0n) is 13.6. The van der Waals surface area contributed by atoms with Crippen molar-refractivity contribution < 1.29 is 4.79 Å². The molecule has 0 aliphatic rings. The SMILES string of the molecule is O=C(NCc1cccnc1)c1ccn2c(-c3cccc(Cl)c3)nnc2c1. The lowest BCUT2D eigenvalue weighted by molar-refractivity contribution is 0.0951. The number of nitrogens with zero attached hydrogens (tertiary/aromatic N) is 4. The van der Waals surface area contributed by atoms with Crippen molar-refractivity contribution in [1.29, 1.82) is 0 Å². The van der Waals surface area contributed by atoms with Crippen molar-refractivity contribution in [2.75, 3.05) is 0 Å². The van der Waals surface area contributed by atoms with Gasteiger partial charge < -0.3 is 5.32 Å². The maximum Gasteiger partial charge on any atom is 0.251 e. The van der Waals surface area contributed by atoms with Crippen LogP contribution in [0.3, 0.4) is 0 Å². The van der Waals surface area contributed by atoms with Crippen LogP contribution in [0.15, 0.2) is 67.1 Å². The zero-order valence-corrected chi connectivity index (χ0v) is 14.4. The number of benzene rings is 1. The van der Waals surface area contributed by atoms with E-state index >= 15 is 0 Å². The van der Waals surface area contributed by atoms with E-state index in [0.717, 1.165) is 11.1 Å². The highest BCUT2D eigenvalue weighted by Crippen LogP contribution is 2.22. The molecule has 0 bridgehead atoms. The van der Waals surface area contributed by atoms with Gasteiger partial charge in [-0.2, -0.15) is 0 Å². The summed E-state index contributed by atoms with van der Waals surface area (Å²) in [5, 5.41) is 11.9. The molecule has 1 amide bonds. The molecule has 0 aliphatic carbocycles. The van der Waals surface area contributed by atoms with Crippen LogP contribution in [0.1, 0.15) is 15.9 Å². The number of carbonyl (C=O) groups excluding carboxylic acids is 1. The van der Waals surface area contributed by atoms with Crippen LogP contribution in [-0.4, -0.2) is 25.5 Å². The first-order valence-electron chi connectivity index (χ1n) is 7.98. The van der Waals surface area contributed by atoms with Gasteiger partial charge in [0.2, 0.25) is 0 Å². The monoisotopic (exact) mass is 363 g/mol. The van der Waals surface area contributed by atoms with Gasteiger partial charge in [-0.15, -0.1) is 10.2 Å². The van der Waals surface area contributed by atoms with Crippen LogP contribution >= 0.6 is 11.6 Å². The molecule has 26 heavy (non-hydrogen) atoms. The third kappa shape index (κ3) is 3.27. The number of halogens is 1. The van der Waals surface area contributed by atoms with Crippen molar-refractivity contribution in [3.8, 4) is 11.4 Å². The smallest absolute Gasteiger partial charge is 0.251 e. The highest BCUT2D eigenvalue weighted by Gasteiger charge is 2.12. The molecule has 4 aromatic rings. The predicted octanol–water partition coefficient (Wildman–Crippen LogP) is 3.37. The van der Waals surface area contributed by atoms with E-state index in [0.29, 0.717) is 28.6 Å². The molecule has 0 saturated carbocycles. The number of carbonyl (C=O) groups is 1. The molecule has 1 aromatic carbocycles. The van der Waals surface area contributed by atoms with Gasteiger partial charge in [-0.1, -0.05) is 29.8 Å². The first kappa shape index (κ1) is 16.2. The molecule has 0 atom stereocenters. The molecule has 4 rings (SSSR count). The van der Waals surface area contributed by atoms with Crippen LogP contribution in [0.5, 0.6) is 0 Å². The van der Waals surface area contributed by atoms with Crippen molar-refractivity contribution in [1.82, 2.24) is 24.9 Å². The lowest BCUT2D eigenvalue weighted by Gasteiger charge is -2.06. The summed E-state index contributed by atoms with van der Waals surface area (Å²) in [7, 11) is 0. The fraction of sp³-hybridized carbons (Fsp3) is 0.0526. The second-order valence-corrected chi connectivity index (χ2v) is 6.16. The molecule has 1 N–H and O–H groups in total. The second kappa shape index (κ2) is 6.93. The molecule has 3 aromatic heterocycles. The van der Waals surface area contributed by atoms with E-state index in [2.05, 4.69) is 20.5 Å². The van der Waals surface area contributed by atoms with Gasteiger partial charge in [-0.25, -0.2) is 0 Å². The van der Waals surface area contributed by atoms with E-state index in [1.54, 1.807) is 36.8 Å². The fourth-order valence-electron chi connectivity index (χ4n) is 2.64. The molecule has 0 spiro atoms. The molecule has 0 saturated heterocycles. The van der Waals surface area contributed by atoms with Crippen LogP contribution in [0.2, 0.25) is 5.02 Å². The molecule has 128 valence electrons. The van der Waals surface area contributed by atoms with Gasteiger partial charge in [0.05, 0.1) is 0 Å². The minimum Gasteiger partial charge on any atom is -0.348 e. The molecule has 3 heterocycles. The van der Waals surface area contributed by atoms with E-state index in [1.807, 2.05) is 34.7 Å². The molecule has 0 aliphatic heterocycles. The summed E-state index contributed by atoms with van der Waals surface area (Å²) in [5.74, 6) is 0.494. The number of hydrogen-bond donors (Lipinski definition) is 1. The lowest BCUT2D eigenvalue weighted by atomic mass is 10.2. The number of rotatable bonds is 4. The molecule has 7 heteroatoms. The van der Waals surface area contributed by atoms with Crippen molar-refractivity contribution in [3.63, 3.8) is 0 Å². The third-order valence-electron chi connectivity index (χ3n) is 3.93. The summed E-state index contributed by atoms with van der Waals surface area (Å²) in [6, 6.07) is 14.6. The standard InChI is InChI=1S/C19H14ClN5O/c20-16-5-1-4-14(9-16)18-24-23-17-10-15(6-8-25(17)18)19(26)22-12-13-3-2-7-21-11-13/h1-11H,12H2,(H,22,26). The van der Waals surface area contributed by atoms with Gasteiger partial charge in [-0.05, 0) is 35.9 Å². The van der Waals surface area contributed by atoms with Gasteiger partial charge in [-0.3, -0.25) is 14.2 Å². The van der Waals surface area contributed by atoms with Crippen molar-refractivity contribution in [2.45, 2.75) is 6.54 Å². The molecule has 6 nitrogen and oxygen atoms in total. The maximum atomic E-state index is 12.4. The molecular weight excluding hydrogens is 350 g/mol. The fourth-order valence-corrected chi connectivity index (χ4v) is 2.83.